The van der Waals surface area contributed by atoms with Crippen LogP contribution in [0.3, 0.4) is 0 Å². The van der Waals surface area contributed by atoms with Crippen LogP contribution in [0.2, 0.25) is 5.02 Å². The third kappa shape index (κ3) is 3.98. The van der Waals surface area contributed by atoms with Crippen LogP contribution in [0.1, 0.15) is 24.1 Å². The van der Waals surface area contributed by atoms with Crippen molar-refractivity contribution < 1.29 is 4.74 Å². The number of ether oxygens (including phenoxy) is 1. The van der Waals surface area contributed by atoms with Gasteiger partial charge in [0.1, 0.15) is 5.75 Å². The van der Waals surface area contributed by atoms with Crippen molar-refractivity contribution in [3.63, 3.8) is 0 Å². The van der Waals surface area contributed by atoms with E-state index < -0.39 is 0 Å². The first-order chi connectivity index (χ1) is 9.60. The lowest BCUT2D eigenvalue weighted by atomic mass is 9.99. The highest BCUT2D eigenvalue weighted by molar-refractivity contribution is 9.10. The lowest BCUT2D eigenvalue weighted by molar-refractivity contribution is 0.334. The zero-order chi connectivity index (χ0) is 14.5. The Balaban J connectivity index is 2.23. The Morgan fingerprint density at radius 2 is 2.05 bits per heavy atom. The second kappa shape index (κ2) is 7.11. The molecule has 4 heteroatoms. The van der Waals surface area contributed by atoms with E-state index in [1.54, 1.807) is 0 Å². The fraction of sp³-hybridized carbons (Fsp3) is 0.250. The van der Waals surface area contributed by atoms with E-state index in [2.05, 4.69) is 15.9 Å². The maximum atomic E-state index is 6.33. The smallest absolute Gasteiger partial charge is 0.124 e. The SMILES string of the molecule is CCOc1ccc(Br)cc1C(N)Cc1cccc(Cl)c1. The molecule has 0 amide bonds. The monoisotopic (exact) mass is 353 g/mol. The second-order valence-corrected chi connectivity index (χ2v) is 5.91. The number of rotatable bonds is 5. The summed E-state index contributed by atoms with van der Waals surface area (Å²) in [6, 6.07) is 13.6. The Labute approximate surface area is 133 Å². The lowest BCUT2D eigenvalue weighted by Gasteiger charge is -2.17. The van der Waals surface area contributed by atoms with Crippen LogP contribution in [-0.2, 0) is 6.42 Å². The Kier molecular flexibility index (Phi) is 5.46. The molecule has 106 valence electrons. The molecule has 20 heavy (non-hydrogen) atoms. The molecule has 2 N–H and O–H groups in total. The van der Waals surface area contributed by atoms with Crippen LogP contribution >= 0.6 is 27.5 Å². The van der Waals surface area contributed by atoms with Crippen molar-refractivity contribution in [2.45, 2.75) is 19.4 Å². The number of hydrogen-bond acceptors (Lipinski definition) is 2. The summed E-state index contributed by atoms with van der Waals surface area (Å²) < 4.78 is 6.65. The Bertz CT molecular complexity index is 588. The molecule has 0 aromatic heterocycles. The first-order valence-electron chi connectivity index (χ1n) is 6.52. The van der Waals surface area contributed by atoms with E-state index in [0.717, 1.165) is 32.8 Å². The molecule has 0 saturated heterocycles. The molecule has 0 saturated carbocycles. The molecular formula is C16H17BrClNO. The van der Waals surface area contributed by atoms with E-state index in [0.29, 0.717) is 6.61 Å². The summed E-state index contributed by atoms with van der Waals surface area (Å²) in [4.78, 5) is 0. The van der Waals surface area contributed by atoms with E-state index in [1.165, 1.54) is 0 Å². The van der Waals surface area contributed by atoms with E-state index in [4.69, 9.17) is 22.1 Å². The number of halogens is 2. The van der Waals surface area contributed by atoms with Gasteiger partial charge in [0.05, 0.1) is 6.61 Å². The van der Waals surface area contributed by atoms with E-state index in [-0.39, 0.29) is 6.04 Å². The van der Waals surface area contributed by atoms with Gasteiger partial charge in [-0.25, -0.2) is 0 Å². The van der Waals surface area contributed by atoms with Crippen LogP contribution in [0, 0.1) is 0 Å². The molecule has 0 bridgehead atoms. The minimum Gasteiger partial charge on any atom is -0.494 e. The predicted octanol–water partition coefficient (Wildman–Crippen LogP) is 4.74. The molecular weight excluding hydrogens is 338 g/mol. The largest absolute Gasteiger partial charge is 0.494 e. The Morgan fingerprint density at radius 1 is 1.25 bits per heavy atom. The summed E-state index contributed by atoms with van der Waals surface area (Å²) in [6.45, 7) is 2.59. The molecule has 0 radical (unpaired) electrons. The van der Waals surface area contributed by atoms with Crippen LogP contribution in [0.25, 0.3) is 0 Å². The lowest BCUT2D eigenvalue weighted by Crippen LogP contribution is -2.15. The average Bonchev–Trinajstić information content (AvgIpc) is 2.41. The minimum atomic E-state index is -0.132. The maximum absolute atomic E-state index is 6.33. The van der Waals surface area contributed by atoms with Gasteiger partial charge in [0.2, 0.25) is 0 Å². The van der Waals surface area contributed by atoms with Gasteiger partial charge in [-0.15, -0.1) is 0 Å². The van der Waals surface area contributed by atoms with Crippen molar-refractivity contribution in [1.29, 1.82) is 0 Å². The molecule has 0 aliphatic carbocycles. The van der Waals surface area contributed by atoms with Gasteiger partial charge in [-0.05, 0) is 49.2 Å². The number of nitrogens with two attached hydrogens (primary N) is 1. The van der Waals surface area contributed by atoms with Crippen molar-refractivity contribution >= 4 is 27.5 Å². The van der Waals surface area contributed by atoms with Crippen LogP contribution in [0.15, 0.2) is 46.9 Å². The van der Waals surface area contributed by atoms with Crippen molar-refractivity contribution in [2.75, 3.05) is 6.61 Å². The molecule has 0 spiro atoms. The third-order valence-electron chi connectivity index (χ3n) is 3.02. The standard InChI is InChI=1S/C16H17BrClNO/c1-2-20-16-7-6-12(17)10-14(16)15(19)9-11-4-3-5-13(18)8-11/h3-8,10,15H,2,9,19H2,1H3. The normalized spacial score (nSPS) is 12.2. The van der Waals surface area contributed by atoms with Gasteiger partial charge in [-0.2, -0.15) is 0 Å². The second-order valence-electron chi connectivity index (χ2n) is 4.56. The molecule has 0 heterocycles. The first kappa shape index (κ1) is 15.4. The van der Waals surface area contributed by atoms with Crippen LogP contribution in [0.4, 0.5) is 0 Å². The Morgan fingerprint density at radius 3 is 2.75 bits per heavy atom. The van der Waals surface area contributed by atoms with E-state index in [9.17, 15) is 0 Å². The summed E-state index contributed by atoms with van der Waals surface area (Å²) in [5.41, 5.74) is 8.45. The first-order valence-corrected chi connectivity index (χ1v) is 7.69. The van der Waals surface area contributed by atoms with Crippen LogP contribution < -0.4 is 10.5 Å². The zero-order valence-electron chi connectivity index (χ0n) is 11.3. The van der Waals surface area contributed by atoms with Crippen LogP contribution in [0.5, 0.6) is 5.75 Å². The summed E-state index contributed by atoms with van der Waals surface area (Å²) in [5.74, 6) is 0.838. The molecule has 0 aliphatic heterocycles. The van der Waals surface area contributed by atoms with Crippen molar-refractivity contribution in [3.05, 3.63) is 63.1 Å². The highest BCUT2D eigenvalue weighted by atomic mass is 79.9. The molecule has 1 unspecified atom stereocenters. The molecule has 2 nitrogen and oxygen atoms in total. The predicted molar refractivity (Wildman–Crippen MR) is 87.4 cm³/mol. The van der Waals surface area contributed by atoms with Gasteiger partial charge in [0.15, 0.2) is 0 Å². The minimum absolute atomic E-state index is 0.132. The van der Waals surface area contributed by atoms with Gasteiger partial charge in [-0.1, -0.05) is 39.7 Å². The third-order valence-corrected chi connectivity index (χ3v) is 3.74. The van der Waals surface area contributed by atoms with Gasteiger partial charge < -0.3 is 10.5 Å². The zero-order valence-corrected chi connectivity index (χ0v) is 13.6. The highest BCUT2D eigenvalue weighted by Gasteiger charge is 2.13. The fourth-order valence-electron chi connectivity index (χ4n) is 2.12. The Hall–Kier alpha value is -1.03. The molecule has 0 fully saturated rings. The van der Waals surface area contributed by atoms with Crippen LogP contribution in [-0.4, -0.2) is 6.61 Å². The van der Waals surface area contributed by atoms with E-state index >= 15 is 0 Å². The molecule has 2 aromatic carbocycles. The number of hydrogen-bond donors (Lipinski definition) is 1. The highest BCUT2D eigenvalue weighted by Crippen LogP contribution is 2.29. The van der Waals surface area contributed by atoms with Gasteiger partial charge in [0.25, 0.3) is 0 Å². The number of benzene rings is 2. The van der Waals surface area contributed by atoms with Crippen molar-refractivity contribution in [3.8, 4) is 5.75 Å². The van der Waals surface area contributed by atoms with Gasteiger partial charge in [-0.3, -0.25) is 0 Å². The molecule has 2 aromatic rings. The van der Waals surface area contributed by atoms with Crippen molar-refractivity contribution in [1.82, 2.24) is 0 Å². The summed E-state index contributed by atoms with van der Waals surface area (Å²) in [6.07, 6.45) is 0.719. The average molecular weight is 355 g/mol. The molecule has 2 rings (SSSR count). The molecule has 1 atom stereocenters. The van der Waals surface area contributed by atoms with E-state index in [1.807, 2.05) is 49.4 Å². The fourth-order valence-corrected chi connectivity index (χ4v) is 2.72. The van der Waals surface area contributed by atoms with Gasteiger partial charge in [0, 0.05) is 21.1 Å². The summed E-state index contributed by atoms with van der Waals surface area (Å²) >= 11 is 9.49. The maximum Gasteiger partial charge on any atom is 0.124 e. The quantitative estimate of drug-likeness (QED) is 0.841. The van der Waals surface area contributed by atoms with Gasteiger partial charge >= 0.3 is 0 Å². The topological polar surface area (TPSA) is 35.2 Å². The molecule has 0 aliphatic rings. The summed E-state index contributed by atoms with van der Waals surface area (Å²) in [5, 5.41) is 0.731. The summed E-state index contributed by atoms with van der Waals surface area (Å²) in [7, 11) is 0. The van der Waals surface area contributed by atoms with Crippen molar-refractivity contribution in [2.24, 2.45) is 5.73 Å².